The van der Waals surface area contributed by atoms with Gasteiger partial charge in [0, 0.05) is 31.7 Å². The molecule has 0 atom stereocenters. The molecule has 2 N–H and O–H groups in total. The van der Waals surface area contributed by atoms with Crippen LogP contribution in [0.2, 0.25) is 10.0 Å². The minimum absolute atomic E-state index is 0.0456. The van der Waals surface area contributed by atoms with E-state index in [2.05, 4.69) is 15.5 Å². The van der Waals surface area contributed by atoms with E-state index in [9.17, 15) is 4.79 Å². The maximum atomic E-state index is 11.7. The van der Waals surface area contributed by atoms with Gasteiger partial charge in [0.25, 0.3) is 0 Å². The molecule has 0 spiro atoms. The van der Waals surface area contributed by atoms with Crippen molar-refractivity contribution in [1.29, 1.82) is 0 Å². The van der Waals surface area contributed by atoms with Crippen LogP contribution in [0.3, 0.4) is 0 Å². The standard InChI is InChI=1S/C13H19Cl2N3O/c1-18(2)8-7-16-6-5-13(19)17-10-3-4-11(14)12(15)9-10/h3-4,9,16H,5-8H2,1-2H3,(H,17,19). The number of anilines is 1. The molecule has 0 aliphatic rings. The van der Waals surface area contributed by atoms with Gasteiger partial charge in [-0.05, 0) is 32.3 Å². The van der Waals surface area contributed by atoms with Gasteiger partial charge in [0.15, 0.2) is 0 Å². The second-order valence-electron chi connectivity index (χ2n) is 4.48. The molecule has 106 valence electrons. The first kappa shape index (κ1) is 16.2. The van der Waals surface area contributed by atoms with Gasteiger partial charge in [0.2, 0.25) is 5.91 Å². The number of nitrogens with zero attached hydrogens (tertiary/aromatic N) is 1. The lowest BCUT2D eigenvalue weighted by molar-refractivity contribution is -0.116. The molecule has 0 radical (unpaired) electrons. The molecule has 0 unspecified atom stereocenters. The first-order valence-electron chi connectivity index (χ1n) is 6.09. The lowest BCUT2D eigenvalue weighted by Gasteiger charge is -2.10. The highest BCUT2D eigenvalue weighted by atomic mass is 35.5. The first-order chi connectivity index (χ1) is 8.99. The Morgan fingerprint density at radius 3 is 2.58 bits per heavy atom. The predicted molar refractivity (Wildman–Crippen MR) is 81.1 cm³/mol. The average molecular weight is 304 g/mol. The Hall–Kier alpha value is -0.810. The molecule has 19 heavy (non-hydrogen) atoms. The lowest BCUT2D eigenvalue weighted by atomic mass is 10.3. The summed E-state index contributed by atoms with van der Waals surface area (Å²) in [5.41, 5.74) is 0.660. The second kappa shape index (κ2) is 8.38. The number of halogens is 2. The van der Waals surface area contributed by atoms with Crippen molar-refractivity contribution in [3.8, 4) is 0 Å². The number of rotatable bonds is 7. The van der Waals surface area contributed by atoms with Gasteiger partial charge in [0.1, 0.15) is 0 Å². The van der Waals surface area contributed by atoms with E-state index in [0.717, 1.165) is 13.1 Å². The monoisotopic (exact) mass is 303 g/mol. The highest BCUT2D eigenvalue weighted by Crippen LogP contribution is 2.24. The Morgan fingerprint density at radius 2 is 1.95 bits per heavy atom. The number of carbonyl (C=O) groups excluding carboxylic acids is 1. The molecule has 1 aromatic carbocycles. The van der Waals surface area contributed by atoms with E-state index in [1.807, 2.05) is 14.1 Å². The molecule has 6 heteroatoms. The quantitative estimate of drug-likeness (QED) is 0.761. The van der Waals surface area contributed by atoms with Gasteiger partial charge in [-0.15, -0.1) is 0 Å². The second-order valence-corrected chi connectivity index (χ2v) is 5.29. The largest absolute Gasteiger partial charge is 0.326 e. The maximum Gasteiger partial charge on any atom is 0.225 e. The first-order valence-corrected chi connectivity index (χ1v) is 6.85. The Morgan fingerprint density at radius 1 is 1.21 bits per heavy atom. The number of likely N-dealkylation sites (N-methyl/N-ethyl adjacent to an activating group) is 1. The zero-order valence-corrected chi connectivity index (χ0v) is 12.7. The fourth-order valence-corrected chi connectivity index (χ4v) is 1.73. The molecule has 0 aliphatic heterocycles. The van der Waals surface area contributed by atoms with Crippen LogP contribution >= 0.6 is 23.2 Å². The Balaban J connectivity index is 2.25. The van der Waals surface area contributed by atoms with E-state index in [1.165, 1.54) is 0 Å². The third kappa shape index (κ3) is 6.78. The van der Waals surface area contributed by atoms with Crippen molar-refractivity contribution in [3.05, 3.63) is 28.2 Å². The number of hydrogen-bond donors (Lipinski definition) is 2. The average Bonchev–Trinajstić information content (AvgIpc) is 2.33. The van der Waals surface area contributed by atoms with Crippen LogP contribution in [0.5, 0.6) is 0 Å². The van der Waals surface area contributed by atoms with Gasteiger partial charge >= 0.3 is 0 Å². The molecule has 0 aromatic heterocycles. The highest BCUT2D eigenvalue weighted by Gasteiger charge is 2.04. The fraction of sp³-hybridized carbons (Fsp3) is 0.462. The van der Waals surface area contributed by atoms with Gasteiger partial charge in [-0.25, -0.2) is 0 Å². The number of amides is 1. The Kier molecular flexibility index (Phi) is 7.16. The van der Waals surface area contributed by atoms with Crippen LogP contribution in [0.25, 0.3) is 0 Å². The van der Waals surface area contributed by atoms with Crippen LogP contribution in [0, 0.1) is 0 Å². The van der Waals surface area contributed by atoms with Gasteiger partial charge in [0.05, 0.1) is 10.0 Å². The summed E-state index contributed by atoms with van der Waals surface area (Å²) in [6.45, 7) is 2.47. The normalized spacial score (nSPS) is 10.8. The molecule has 1 rings (SSSR count). The van der Waals surface area contributed by atoms with Gasteiger partial charge in [-0.3, -0.25) is 4.79 Å². The summed E-state index contributed by atoms with van der Waals surface area (Å²) in [5, 5.41) is 6.89. The molecule has 0 aliphatic carbocycles. The molecule has 0 fully saturated rings. The van der Waals surface area contributed by atoms with Crippen molar-refractivity contribution < 1.29 is 4.79 Å². The number of hydrogen-bond acceptors (Lipinski definition) is 3. The van der Waals surface area contributed by atoms with E-state index in [4.69, 9.17) is 23.2 Å². The zero-order valence-electron chi connectivity index (χ0n) is 11.2. The summed E-state index contributed by atoms with van der Waals surface area (Å²) in [7, 11) is 4.03. The molecule has 0 bridgehead atoms. The topological polar surface area (TPSA) is 44.4 Å². The summed E-state index contributed by atoms with van der Waals surface area (Å²) >= 11 is 11.7. The molecule has 1 amide bonds. The maximum absolute atomic E-state index is 11.7. The Bertz CT molecular complexity index is 424. The summed E-state index contributed by atoms with van der Waals surface area (Å²) in [6, 6.07) is 5.03. The molecule has 0 saturated heterocycles. The summed E-state index contributed by atoms with van der Waals surface area (Å²) < 4.78 is 0. The molecule has 1 aromatic rings. The molecule has 4 nitrogen and oxygen atoms in total. The molecule has 0 heterocycles. The van der Waals surface area contributed by atoms with Crippen molar-refractivity contribution in [3.63, 3.8) is 0 Å². The van der Waals surface area contributed by atoms with E-state index in [-0.39, 0.29) is 5.91 Å². The van der Waals surface area contributed by atoms with Crippen molar-refractivity contribution in [1.82, 2.24) is 10.2 Å². The smallest absolute Gasteiger partial charge is 0.225 e. The summed E-state index contributed by atoms with van der Waals surface area (Å²) in [5.74, 6) is -0.0456. The fourth-order valence-electron chi connectivity index (χ4n) is 1.43. The van der Waals surface area contributed by atoms with Crippen LogP contribution in [0.4, 0.5) is 5.69 Å². The molecular weight excluding hydrogens is 285 g/mol. The molecule has 0 saturated carbocycles. The number of benzene rings is 1. The van der Waals surface area contributed by atoms with E-state index in [0.29, 0.717) is 28.7 Å². The number of nitrogens with one attached hydrogen (secondary N) is 2. The highest BCUT2D eigenvalue weighted by molar-refractivity contribution is 6.42. The van der Waals surface area contributed by atoms with Gasteiger partial charge < -0.3 is 15.5 Å². The SMILES string of the molecule is CN(C)CCNCCC(=O)Nc1ccc(Cl)c(Cl)c1. The van der Waals surface area contributed by atoms with Crippen LogP contribution in [-0.4, -0.2) is 44.5 Å². The van der Waals surface area contributed by atoms with E-state index < -0.39 is 0 Å². The third-order valence-corrected chi connectivity index (χ3v) is 3.21. The van der Waals surface area contributed by atoms with Crippen LogP contribution in [0.1, 0.15) is 6.42 Å². The Labute approximate surface area is 124 Å². The van der Waals surface area contributed by atoms with E-state index >= 15 is 0 Å². The van der Waals surface area contributed by atoms with Crippen LogP contribution in [0.15, 0.2) is 18.2 Å². The molecular formula is C13H19Cl2N3O. The predicted octanol–water partition coefficient (Wildman–Crippen LogP) is 2.47. The zero-order chi connectivity index (χ0) is 14.3. The summed E-state index contributed by atoms with van der Waals surface area (Å²) in [6.07, 6.45) is 0.424. The van der Waals surface area contributed by atoms with Crippen molar-refractivity contribution in [2.75, 3.05) is 39.0 Å². The minimum Gasteiger partial charge on any atom is -0.326 e. The van der Waals surface area contributed by atoms with Crippen molar-refractivity contribution in [2.45, 2.75) is 6.42 Å². The van der Waals surface area contributed by atoms with Gasteiger partial charge in [-0.2, -0.15) is 0 Å². The van der Waals surface area contributed by atoms with Crippen molar-refractivity contribution in [2.24, 2.45) is 0 Å². The lowest BCUT2D eigenvalue weighted by Crippen LogP contribution is -2.29. The van der Waals surface area contributed by atoms with E-state index in [1.54, 1.807) is 18.2 Å². The summed E-state index contributed by atoms with van der Waals surface area (Å²) in [4.78, 5) is 13.8. The number of carbonyl (C=O) groups is 1. The van der Waals surface area contributed by atoms with Crippen molar-refractivity contribution >= 4 is 34.8 Å². The van der Waals surface area contributed by atoms with Crippen LogP contribution < -0.4 is 10.6 Å². The van der Waals surface area contributed by atoms with Gasteiger partial charge in [-0.1, -0.05) is 23.2 Å². The van der Waals surface area contributed by atoms with Crippen LogP contribution in [-0.2, 0) is 4.79 Å². The minimum atomic E-state index is -0.0456. The third-order valence-electron chi connectivity index (χ3n) is 2.47.